The summed E-state index contributed by atoms with van der Waals surface area (Å²) in [5, 5.41) is 3.27. The van der Waals surface area contributed by atoms with E-state index in [2.05, 4.69) is 37.2 Å². The fraction of sp³-hybridized carbons (Fsp3) is 0.125. The van der Waals surface area contributed by atoms with Crippen molar-refractivity contribution in [2.75, 3.05) is 5.32 Å². The molecule has 1 aromatic carbocycles. The number of fused-ring (bicyclic) bond motifs is 1. The quantitative estimate of drug-likeness (QED) is 0.729. The largest absolute Gasteiger partial charge is 0.323 e. The summed E-state index contributed by atoms with van der Waals surface area (Å²) in [4.78, 5) is 11.4. The topological polar surface area (TPSA) is 29.1 Å². The van der Waals surface area contributed by atoms with Gasteiger partial charge in [0.1, 0.15) is 0 Å². The molecule has 0 radical (unpaired) electrons. The molecule has 68 valence electrons. The van der Waals surface area contributed by atoms with Gasteiger partial charge in [-0.1, -0.05) is 49.5 Å². The average Bonchev–Trinajstić information content (AvgIpc) is 2.24. The van der Waals surface area contributed by atoms with Crippen LogP contribution in [-0.2, 0) is 8.03 Å². The highest BCUT2D eigenvalue weighted by atomic mass is 79.9. The van der Waals surface area contributed by atoms with Crippen LogP contribution >= 0.6 is 43.5 Å². The molecule has 2 nitrogen and oxygen atoms in total. The number of rotatable bonds is 0. The molecule has 0 saturated heterocycles. The van der Waals surface area contributed by atoms with Crippen molar-refractivity contribution in [2.24, 2.45) is 0 Å². The summed E-state index contributed by atoms with van der Waals surface area (Å²) < 4.78 is -0.881. The molecule has 1 heterocycles. The van der Waals surface area contributed by atoms with Crippen LogP contribution in [0.4, 0.5) is 5.69 Å². The zero-order chi connectivity index (χ0) is 9.64. The van der Waals surface area contributed by atoms with Crippen molar-refractivity contribution in [2.45, 2.75) is 3.23 Å². The van der Waals surface area contributed by atoms with Crippen molar-refractivity contribution < 1.29 is 4.79 Å². The lowest BCUT2D eigenvalue weighted by molar-refractivity contribution is -0.115. The summed E-state index contributed by atoms with van der Waals surface area (Å²) >= 11 is 12.5. The maximum atomic E-state index is 11.4. The average molecular weight is 325 g/mol. The van der Waals surface area contributed by atoms with Crippen molar-refractivity contribution in [1.29, 1.82) is 0 Å². The summed E-state index contributed by atoms with van der Waals surface area (Å²) in [6.07, 6.45) is 0. The van der Waals surface area contributed by atoms with Gasteiger partial charge in [-0.25, -0.2) is 0 Å². The molecule has 1 amide bonds. The summed E-state index contributed by atoms with van der Waals surface area (Å²) in [6, 6.07) is 5.35. The summed E-state index contributed by atoms with van der Waals surface area (Å²) in [6.45, 7) is 0. The second-order valence-electron chi connectivity index (χ2n) is 2.69. The van der Waals surface area contributed by atoms with E-state index in [1.807, 2.05) is 6.07 Å². The number of hydrogen-bond acceptors (Lipinski definition) is 1. The van der Waals surface area contributed by atoms with Crippen LogP contribution in [0, 0.1) is 0 Å². The predicted molar refractivity (Wildman–Crippen MR) is 59.6 cm³/mol. The van der Waals surface area contributed by atoms with Crippen molar-refractivity contribution in [1.82, 2.24) is 0 Å². The molecule has 0 unspecified atom stereocenters. The van der Waals surface area contributed by atoms with Crippen LogP contribution < -0.4 is 5.32 Å². The number of halogens is 3. The molecular weight excluding hydrogens is 321 g/mol. The number of nitrogens with one attached hydrogen (secondary N) is 1. The second kappa shape index (κ2) is 2.97. The monoisotopic (exact) mass is 323 g/mol. The maximum Gasteiger partial charge on any atom is 0.256 e. The normalized spacial score (nSPS) is 18.2. The van der Waals surface area contributed by atoms with Crippen LogP contribution in [-0.4, -0.2) is 5.91 Å². The Balaban J connectivity index is 2.70. The zero-order valence-electron chi connectivity index (χ0n) is 6.27. The first-order chi connectivity index (χ1) is 6.03. The van der Waals surface area contributed by atoms with E-state index in [0.29, 0.717) is 5.02 Å². The Kier molecular flexibility index (Phi) is 2.17. The number of amides is 1. The number of hydrogen-bond donors (Lipinski definition) is 1. The van der Waals surface area contributed by atoms with Crippen molar-refractivity contribution in [3.63, 3.8) is 0 Å². The third kappa shape index (κ3) is 1.32. The van der Waals surface area contributed by atoms with Crippen LogP contribution in [0.15, 0.2) is 18.2 Å². The Morgan fingerprint density at radius 2 is 2.08 bits per heavy atom. The van der Waals surface area contributed by atoms with Gasteiger partial charge >= 0.3 is 0 Å². The Hall–Kier alpha value is -0.0600. The van der Waals surface area contributed by atoms with E-state index in [-0.39, 0.29) is 5.91 Å². The first-order valence-electron chi connectivity index (χ1n) is 3.52. The minimum Gasteiger partial charge on any atom is -0.323 e. The molecule has 1 aliphatic heterocycles. The van der Waals surface area contributed by atoms with Gasteiger partial charge in [0.05, 0.1) is 0 Å². The van der Waals surface area contributed by atoms with Crippen LogP contribution in [0.25, 0.3) is 0 Å². The van der Waals surface area contributed by atoms with Crippen LogP contribution in [0.2, 0.25) is 5.02 Å². The molecule has 1 aromatic rings. The lowest BCUT2D eigenvalue weighted by Gasteiger charge is -2.11. The Morgan fingerprint density at radius 1 is 1.38 bits per heavy atom. The second-order valence-corrected chi connectivity index (χ2v) is 6.54. The van der Waals surface area contributed by atoms with Gasteiger partial charge in [0, 0.05) is 16.3 Å². The van der Waals surface area contributed by atoms with E-state index in [1.54, 1.807) is 12.1 Å². The third-order valence-corrected chi connectivity index (χ3v) is 3.69. The molecule has 0 spiro atoms. The maximum absolute atomic E-state index is 11.4. The number of benzene rings is 1. The summed E-state index contributed by atoms with van der Waals surface area (Å²) in [7, 11) is 0. The van der Waals surface area contributed by atoms with Gasteiger partial charge in [0.25, 0.3) is 5.91 Å². The van der Waals surface area contributed by atoms with Gasteiger partial charge in [0.2, 0.25) is 0 Å². The highest BCUT2D eigenvalue weighted by molar-refractivity contribution is 9.25. The first kappa shape index (κ1) is 9.49. The molecule has 1 N–H and O–H groups in total. The van der Waals surface area contributed by atoms with E-state index in [4.69, 9.17) is 11.6 Å². The summed E-state index contributed by atoms with van der Waals surface area (Å²) in [5.74, 6) is -0.157. The van der Waals surface area contributed by atoms with Crippen LogP contribution in [0.5, 0.6) is 0 Å². The van der Waals surface area contributed by atoms with Gasteiger partial charge in [-0.15, -0.1) is 0 Å². The zero-order valence-corrected chi connectivity index (χ0v) is 10.2. The predicted octanol–water partition coefficient (Wildman–Crippen LogP) is 3.23. The van der Waals surface area contributed by atoms with Crippen LogP contribution in [0.1, 0.15) is 5.56 Å². The number of carbonyl (C=O) groups is 1. The Morgan fingerprint density at radius 3 is 2.69 bits per heavy atom. The standard InChI is InChI=1S/C8H4Br2ClNO/c9-8(10)6-4(11)2-1-3-5(6)12-7(8)13/h1-3H,(H,12,13). The number of carbonyl (C=O) groups excluding carboxylic acids is 1. The molecule has 0 bridgehead atoms. The van der Waals surface area contributed by atoms with Crippen molar-refractivity contribution in [3.05, 3.63) is 28.8 Å². The third-order valence-electron chi connectivity index (χ3n) is 1.86. The van der Waals surface area contributed by atoms with Gasteiger partial charge in [0.15, 0.2) is 3.23 Å². The molecule has 0 aromatic heterocycles. The van der Waals surface area contributed by atoms with E-state index in [0.717, 1.165) is 11.3 Å². The fourth-order valence-electron chi connectivity index (χ4n) is 1.26. The highest BCUT2D eigenvalue weighted by Gasteiger charge is 2.43. The van der Waals surface area contributed by atoms with Crippen molar-refractivity contribution >= 4 is 55.1 Å². The van der Waals surface area contributed by atoms with E-state index < -0.39 is 3.23 Å². The summed E-state index contributed by atoms with van der Waals surface area (Å²) in [5.41, 5.74) is 1.48. The van der Waals surface area contributed by atoms with Crippen molar-refractivity contribution in [3.8, 4) is 0 Å². The van der Waals surface area contributed by atoms with E-state index in [1.165, 1.54) is 0 Å². The minimum absolute atomic E-state index is 0.157. The minimum atomic E-state index is -0.881. The van der Waals surface area contributed by atoms with E-state index >= 15 is 0 Å². The van der Waals surface area contributed by atoms with Gasteiger partial charge in [-0.3, -0.25) is 4.79 Å². The Labute approximate surface area is 96.9 Å². The molecule has 2 rings (SSSR count). The van der Waals surface area contributed by atoms with E-state index in [9.17, 15) is 4.79 Å². The molecular formula is C8H4Br2ClNO. The van der Waals surface area contributed by atoms with Crippen LogP contribution in [0.3, 0.4) is 0 Å². The molecule has 0 fully saturated rings. The Bertz CT molecular complexity index is 392. The molecule has 0 aliphatic carbocycles. The lowest BCUT2D eigenvalue weighted by Crippen LogP contribution is -2.20. The number of alkyl halides is 2. The molecule has 1 aliphatic rings. The SMILES string of the molecule is O=C1Nc2cccc(Cl)c2C1(Br)Br. The van der Waals surface area contributed by atoms with Gasteiger partial charge in [-0.05, 0) is 12.1 Å². The smallest absolute Gasteiger partial charge is 0.256 e. The van der Waals surface area contributed by atoms with Gasteiger partial charge in [-0.2, -0.15) is 0 Å². The highest BCUT2D eigenvalue weighted by Crippen LogP contribution is 2.50. The molecule has 0 saturated carbocycles. The lowest BCUT2D eigenvalue weighted by atomic mass is 10.2. The molecule has 0 atom stereocenters. The molecule has 13 heavy (non-hydrogen) atoms. The van der Waals surface area contributed by atoms with Gasteiger partial charge < -0.3 is 5.32 Å². The fourth-order valence-corrected chi connectivity index (χ4v) is 2.86. The number of anilines is 1. The first-order valence-corrected chi connectivity index (χ1v) is 5.48. The molecule has 5 heteroatoms.